The normalized spacial score (nSPS) is 11.8. The van der Waals surface area contributed by atoms with Gasteiger partial charge in [0.15, 0.2) is 17.0 Å². The molecule has 5 heterocycles. The van der Waals surface area contributed by atoms with Crippen LogP contribution in [0, 0.1) is 6.92 Å². The molecule has 0 radical (unpaired) electrons. The Morgan fingerprint density at radius 1 is 1.21 bits per heavy atom. The third-order valence-corrected chi connectivity index (χ3v) is 6.37. The van der Waals surface area contributed by atoms with Crippen LogP contribution in [0.3, 0.4) is 0 Å². The molecule has 0 unspecified atom stereocenters. The lowest BCUT2D eigenvalue weighted by atomic mass is 10.3. The van der Waals surface area contributed by atoms with E-state index in [1.807, 2.05) is 0 Å². The Morgan fingerprint density at radius 2 is 1.95 bits per heavy atom. The van der Waals surface area contributed by atoms with Gasteiger partial charge in [-0.05, 0) is 6.92 Å². The first-order valence-corrected chi connectivity index (χ1v) is 11.9. The van der Waals surface area contributed by atoms with Gasteiger partial charge in [-0.1, -0.05) is 5.16 Å². The molecule has 1 N–H and O–H groups in total. The number of hydrogen-bond donors (Lipinski definition) is 1. The van der Waals surface area contributed by atoms with Crippen LogP contribution in [0.1, 0.15) is 24.2 Å². The number of hydrogen-bond acceptors (Lipinski definition) is 10. The maximum atomic E-state index is 13.3. The Kier molecular flexibility index (Phi) is 6.18. The summed E-state index contributed by atoms with van der Waals surface area (Å²) < 4.78 is 35.2. The smallest absolute Gasteiger partial charge is 0.332 e. The number of aryl methyl sites for hydroxylation is 2. The van der Waals surface area contributed by atoms with E-state index in [2.05, 4.69) is 30.4 Å². The summed E-state index contributed by atoms with van der Waals surface area (Å²) >= 11 is 1.16. The SMILES string of the molecule is Cc1cc(Cn2c(=O)c3c(ncn3CC(=O)Nc3csc(-c4cnc(C(C)(F)F)nc4)n3)n(C)c2=O)no1. The van der Waals surface area contributed by atoms with Gasteiger partial charge in [-0.25, -0.2) is 24.7 Å². The van der Waals surface area contributed by atoms with E-state index in [0.717, 1.165) is 15.9 Å². The molecule has 0 aromatic carbocycles. The van der Waals surface area contributed by atoms with Crippen molar-refractivity contribution < 1.29 is 18.1 Å². The van der Waals surface area contributed by atoms with Crippen molar-refractivity contribution in [3.63, 3.8) is 0 Å². The fourth-order valence-electron chi connectivity index (χ4n) is 3.70. The number of amides is 1. The highest BCUT2D eigenvalue weighted by molar-refractivity contribution is 7.13. The van der Waals surface area contributed by atoms with E-state index in [9.17, 15) is 23.2 Å². The average Bonchev–Trinajstić information content (AvgIpc) is 3.60. The number of fused-ring (bicyclic) bond motifs is 1. The number of carbonyl (C=O) groups is 1. The summed E-state index contributed by atoms with van der Waals surface area (Å²) in [6, 6.07) is 1.61. The van der Waals surface area contributed by atoms with Crippen LogP contribution in [0.5, 0.6) is 0 Å². The summed E-state index contributed by atoms with van der Waals surface area (Å²) in [5, 5.41) is 8.44. The Labute approximate surface area is 215 Å². The molecule has 0 fully saturated rings. The number of anilines is 1. The van der Waals surface area contributed by atoms with E-state index in [-0.39, 0.29) is 30.1 Å². The third kappa shape index (κ3) is 4.72. The molecule has 0 bridgehead atoms. The summed E-state index contributed by atoms with van der Waals surface area (Å²) in [5.74, 6) is -3.53. The number of thiazole rings is 1. The van der Waals surface area contributed by atoms with Crippen molar-refractivity contribution >= 4 is 34.2 Å². The largest absolute Gasteiger partial charge is 0.361 e. The zero-order valence-corrected chi connectivity index (χ0v) is 21.0. The Morgan fingerprint density at radius 3 is 2.61 bits per heavy atom. The van der Waals surface area contributed by atoms with Gasteiger partial charge < -0.3 is 14.4 Å². The number of carbonyl (C=O) groups excluding carboxylic acids is 1. The van der Waals surface area contributed by atoms with Gasteiger partial charge >= 0.3 is 11.6 Å². The molecule has 0 aliphatic heterocycles. The van der Waals surface area contributed by atoms with Gasteiger partial charge in [0.1, 0.15) is 28.8 Å². The molecule has 196 valence electrons. The molecule has 5 rings (SSSR count). The van der Waals surface area contributed by atoms with Crippen molar-refractivity contribution in [2.75, 3.05) is 5.32 Å². The molecule has 0 saturated heterocycles. The maximum absolute atomic E-state index is 13.3. The molecule has 0 aliphatic carbocycles. The van der Waals surface area contributed by atoms with Gasteiger partial charge in [-0.2, -0.15) is 8.78 Å². The van der Waals surface area contributed by atoms with Crippen LogP contribution >= 0.6 is 11.3 Å². The van der Waals surface area contributed by atoms with Gasteiger partial charge in [-0.3, -0.25) is 18.7 Å². The number of nitrogens with one attached hydrogen (secondary N) is 1. The second-order valence-corrected chi connectivity index (χ2v) is 9.33. The standard InChI is InChI=1S/C22H19F2N9O4S/c1-11-4-13(30-37-11)7-33-19(35)16-17(31(3)21(33)36)27-10-32(16)8-15(34)28-14-9-38-18(29-14)12-5-25-20(26-6-12)22(2,23)24/h4-6,9-10H,7-8H2,1-3H3,(H,28,34). The zero-order chi connectivity index (χ0) is 27.2. The van der Waals surface area contributed by atoms with Gasteiger partial charge in [0.25, 0.3) is 5.56 Å². The molecule has 1 amide bonds. The van der Waals surface area contributed by atoms with E-state index >= 15 is 0 Å². The van der Waals surface area contributed by atoms with Crippen LogP contribution in [-0.2, 0) is 30.9 Å². The minimum absolute atomic E-state index is 0.0615. The molecule has 13 nitrogen and oxygen atoms in total. The number of rotatable bonds is 7. The third-order valence-electron chi connectivity index (χ3n) is 5.48. The Hall–Kier alpha value is -4.60. The Balaban J connectivity index is 1.36. The lowest BCUT2D eigenvalue weighted by Crippen LogP contribution is -2.40. The molecule has 0 atom stereocenters. The van der Waals surface area contributed by atoms with Crippen LogP contribution in [0.4, 0.5) is 14.6 Å². The summed E-state index contributed by atoms with van der Waals surface area (Å²) in [7, 11) is 1.47. The predicted molar refractivity (Wildman–Crippen MR) is 131 cm³/mol. The fraction of sp³-hybridized carbons (Fsp3) is 0.273. The van der Waals surface area contributed by atoms with Crippen LogP contribution in [-0.4, -0.2) is 44.7 Å². The number of aromatic nitrogens is 8. The Bertz CT molecular complexity index is 1780. The van der Waals surface area contributed by atoms with Crippen molar-refractivity contribution in [1.82, 2.24) is 38.8 Å². The molecular formula is C22H19F2N9O4S. The first-order valence-electron chi connectivity index (χ1n) is 11.0. The molecule has 0 spiro atoms. The first-order chi connectivity index (χ1) is 18.0. The van der Waals surface area contributed by atoms with Crippen LogP contribution in [0.25, 0.3) is 21.7 Å². The van der Waals surface area contributed by atoms with Crippen LogP contribution in [0.15, 0.2) is 44.3 Å². The quantitative estimate of drug-likeness (QED) is 0.324. The van der Waals surface area contributed by atoms with E-state index in [0.29, 0.717) is 28.9 Å². The molecule has 0 aliphatic rings. The number of nitrogens with zero attached hydrogens (tertiary/aromatic N) is 8. The molecular weight excluding hydrogens is 524 g/mol. The minimum atomic E-state index is -3.16. The highest BCUT2D eigenvalue weighted by atomic mass is 32.1. The van der Waals surface area contributed by atoms with Gasteiger partial charge in [0, 0.05) is 43.4 Å². The van der Waals surface area contributed by atoms with E-state index in [1.54, 1.807) is 18.4 Å². The van der Waals surface area contributed by atoms with Gasteiger partial charge in [0.2, 0.25) is 5.91 Å². The van der Waals surface area contributed by atoms with E-state index in [1.165, 1.54) is 34.9 Å². The number of alkyl halides is 2. The monoisotopic (exact) mass is 543 g/mol. The van der Waals surface area contributed by atoms with Crippen molar-refractivity contribution in [1.29, 1.82) is 0 Å². The molecule has 16 heteroatoms. The molecule has 5 aromatic heterocycles. The van der Waals surface area contributed by atoms with Crippen molar-refractivity contribution in [2.24, 2.45) is 7.05 Å². The van der Waals surface area contributed by atoms with Gasteiger partial charge in [-0.15, -0.1) is 11.3 Å². The van der Waals surface area contributed by atoms with E-state index < -0.39 is 28.9 Å². The average molecular weight is 544 g/mol. The topological polar surface area (TPSA) is 156 Å². The molecule has 5 aromatic rings. The summed E-state index contributed by atoms with van der Waals surface area (Å²) in [6.45, 7) is 1.99. The second-order valence-electron chi connectivity index (χ2n) is 8.48. The lowest BCUT2D eigenvalue weighted by Gasteiger charge is -2.09. The summed E-state index contributed by atoms with van der Waals surface area (Å²) in [6.07, 6.45) is 3.76. The van der Waals surface area contributed by atoms with Crippen molar-refractivity contribution in [3.05, 3.63) is 68.3 Å². The van der Waals surface area contributed by atoms with Crippen LogP contribution in [0.2, 0.25) is 0 Å². The number of imidazole rings is 1. The second kappa shape index (κ2) is 9.37. The minimum Gasteiger partial charge on any atom is -0.361 e. The predicted octanol–water partition coefficient (Wildman–Crippen LogP) is 1.91. The summed E-state index contributed by atoms with van der Waals surface area (Å²) in [4.78, 5) is 54.5. The molecule has 38 heavy (non-hydrogen) atoms. The highest BCUT2D eigenvalue weighted by Gasteiger charge is 2.28. The zero-order valence-electron chi connectivity index (χ0n) is 20.2. The van der Waals surface area contributed by atoms with Crippen molar-refractivity contribution in [2.45, 2.75) is 32.9 Å². The van der Waals surface area contributed by atoms with Crippen LogP contribution < -0.4 is 16.6 Å². The summed E-state index contributed by atoms with van der Waals surface area (Å²) in [5.41, 5.74) is -0.233. The number of halogens is 2. The lowest BCUT2D eigenvalue weighted by molar-refractivity contribution is -0.116. The highest BCUT2D eigenvalue weighted by Crippen LogP contribution is 2.27. The van der Waals surface area contributed by atoms with Crippen molar-refractivity contribution in [3.8, 4) is 10.6 Å². The van der Waals surface area contributed by atoms with Gasteiger partial charge in [0.05, 0.1) is 12.9 Å². The maximum Gasteiger partial charge on any atom is 0.332 e. The fourth-order valence-corrected chi connectivity index (χ4v) is 4.43. The van der Waals surface area contributed by atoms with E-state index in [4.69, 9.17) is 4.52 Å². The molecule has 0 saturated carbocycles. The first kappa shape index (κ1) is 25.1.